The summed E-state index contributed by atoms with van der Waals surface area (Å²) in [4.78, 5) is 18.6. The first-order valence-corrected chi connectivity index (χ1v) is 3.83. The Hall–Kier alpha value is -0.910. The molecule has 7 heteroatoms. The van der Waals surface area contributed by atoms with Gasteiger partial charge in [0.15, 0.2) is 0 Å². The minimum atomic E-state index is -1.00. The fourth-order valence-corrected chi connectivity index (χ4v) is 1.19. The Kier molecular flexibility index (Phi) is 7.21. The molecule has 15 heavy (non-hydrogen) atoms. The van der Waals surface area contributed by atoms with E-state index in [9.17, 15) is 4.79 Å². The lowest BCUT2D eigenvalue weighted by atomic mass is 10.2. The number of aromatic nitrogens is 2. The van der Waals surface area contributed by atoms with E-state index < -0.39 is 5.97 Å². The number of carbonyl (C=O) groups is 1. The van der Waals surface area contributed by atoms with Crippen LogP contribution in [0.15, 0.2) is 0 Å². The van der Waals surface area contributed by atoms with Gasteiger partial charge in [-0.1, -0.05) is 0 Å². The van der Waals surface area contributed by atoms with Crippen molar-refractivity contribution in [1.82, 2.24) is 9.97 Å². The molecule has 86 valence electrons. The number of nitrogens with zero attached hydrogens (tertiary/aromatic N) is 2. The first-order valence-electron chi connectivity index (χ1n) is 3.83. The fourth-order valence-electron chi connectivity index (χ4n) is 1.19. The molecule has 0 spiro atoms. The van der Waals surface area contributed by atoms with Gasteiger partial charge in [0.1, 0.15) is 11.4 Å². The highest BCUT2D eigenvalue weighted by molar-refractivity contribution is 5.89. The number of hydrogen-bond acceptors (Lipinski definition) is 4. The number of nitrogens with two attached hydrogens (primary N) is 1. The second-order valence-electron chi connectivity index (χ2n) is 2.69. The van der Waals surface area contributed by atoms with Crippen LogP contribution in [0.25, 0.3) is 0 Å². The molecule has 0 radical (unpaired) electrons. The molecule has 0 aromatic carbocycles. The summed E-state index contributed by atoms with van der Waals surface area (Å²) in [5.41, 5.74) is 6.42. The standard InChI is InChI=1S/C8H11N3O2.2ClH/c1-4-7(8(12)13)5(2)11-6(3-9)10-4;;/h3,9H2,1-2H3,(H,12,13);2*1H. The summed E-state index contributed by atoms with van der Waals surface area (Å²) in [6.45, 7) is 3.50. The highest BCUT2D eigenvalue weighted by Crippen LogP contribution is 2.09. The predicted octanol–water partition coefficient (Wildman–Crippen LogP) is 1.09. The Morgan fingerprint density at radius 1 is 1.27 bits per heavy atom. The van der Waals surface area contributed by atoms with E-state index in [-0.39, 0.29) is 36.9 Å². The molecule has 0 aliphatic heterocycles. The van der Waals surface area contributed by atoms with E-state index in [4.69, 9.17) is 10.8 Å². The molecule has 1 aromatic heterocycles. The van der Waals surface area contributed by atoms with Crippen LogP contribution in [-0.4, -0.2) is 21.0 Å². The van der Waals surface area contributed by atoms with Crippen LogP contribution in [0.2, 0.25) is 0 Å². The summed E-state index contributed by atoms with van der Waals surface area (Å²) in [5.74, 6) is -0.529. The summed E-state index contributed by atoms with van der Waals surface area (Å²) < 4.78 is 0. The number of aromatic carboxylic acids is 1. The molecular weight excluding hydrogens is 241 g/mol. The van der Waals surface area contributed by atoms with Crippen LogP contribution in [0, 0.1) is 13.8 Å². The molecule has 0 unspecified atom stereocenters. The third-order valence-corrected chi connectivity index (χ3v) is 1.71. The van der Waals surface area contributed by atoms with E-state index in [2.05, 4.69) is 9.97 Å². The lowest BCUT2D eigenvalue weighted by molar-refractivity contribution is 0.0694. The number of rotatable bonds is 2. The molecule has 1 aromatic rings. The SMILES string of the molecule is Cc1nc(CN)nc(C)c1C(=O)O.Cl.Cl. The van der Waals surface area contributed by atoms with Crippen LogP contribution in [0.3, 0.4) is 0 Å². The van der Waals surface area contributed by atoms with Crippen molar-refractivity contribution < 1.29 is 9.90 Å². The van der Waals surface area contributed by atoms with Crippen LogP contribution < -0.4 is 5.73 Å². The average Bonchev–Trinajstić information content (AvgIpc) is 2.02. The summed E-state index contributed by atoms with van der Waals surface area (Å²) in [5, 5.41) is 8.80. The van der Waals surface area contributed by atoms with Gasteiger partial charge in [0.05, 0.1) is 17.9 Å². The van der Waals surface area contributed by atoms with E-state index in [0.29, 0.717) is 17.2 Å². The lowest BCUT2D eigenvalue weighted by Crippen LogP contribution is -2.12. The second-order valence-corrected chi connectivity index (χ2v) is 2.69. The lowest BCUT2D eigenvalue weighted by Gasteiger charge is -2.05. The molecule has 0 saturated carbocycles. The molecule has 0 fully saturated rings. The molecule has 0 bridgehead atoms. The topological polar surface area (TPSA) is 89.1 Å². The van der Waals surface area contributed by atoms with Crippen LogP contribution in [0.4, 0.5) is 0 Å². The van der Waals surface area contributed by atoms with Crippen molar-refractivity contribution in [3.8, 4) is 0 Å². The van der Waals surface area contributed by atoms with E-state index in [1.807, 2.05) is 0 Å². The zero-order valence-corrected chi connectivity index (χ0v) is 9.98. The zero-order valence-electron chi connectivity index (χ0n) is 8.35. The number of carboxylic acids is 1. The molecule has 0 atom stereocenters. The normalized spacial score (nSPS) is 8.73. The monoisotopic (exact) mass is 253 g/mol. The van der Waals surface area contributed by atoms with Crippen LogP contribution in [0.1, 0.15) is 27.6 Å². The maximum Gasteiger partial charge on any atom is 0.339 e. The minimum absolute atomic E-state index is 0. The number of hydrogen-bond donors (Lipinski definition) is 2. The molecular formula is C8H13Cl2N3O2. The largest absolute Gasteiger partial charge is 0.478 e. The predicted molar refractivity (Wildman–Crippen MR) is 60.9 cm³/mol. The molecule has 1 heterocycles. The quantitative estimate of drug-likeness (QED) is 0.824. The van der Waals surface area contributed by atoms with Crippen LogP contribution in [-0.2, 0) is 6.54 Å². The molecule has 5 nitrogen and oxygen atoms in total. The number of halogens is 2. The highest BCUT2D eigenvalue weighted by atomic mass is 35.5. The van der Waals surface area contributed by atoms with E-state index >= 15 is 0 Å². The van der Waals surface area contributed by atoms with Crippen molar-refractivity contribution in [2.24, 2.45) is 5.73 Å². The van der Waals surface area contributed by atoms with Gasteiger partial charge >= 0.3 is 5.97 Å². The maximum absolute atomic E-state index is 10.7. The molecule has 1 rings (SSSR count). The zero-order chi connectivity index (χ0) is 10.0. The first kappa shape index (κ1) is 16.5. The summed E-state index contributed by atoms with van der Waals surface area (Å²) >= 11 is 0. The van der Waals surface area contributed by atoms with Crippen LogP contribution in [0.5, 0.6) is 0 Å². The maximum atomic E-state index is 10.7. The van der Waals surface area contributed by atoms with Crippen molar-refractivity contribution in [2.45, 2.75) is 20.4 Å². The second kappa shape index (κ2) is 6.55. The van der Waals surface area contributed by atoms with Crippen molar-refractivity contribution >= 4 is 30.8 Å². The Balaban J connectivity index is 0. The summed E-state index contributed by atoms with van der Waals surface area (Å²) in [6.07, 6.45) is 0. The molecule has 3 N–H and O–H groups in total. The average molecular weight is 254 g/mol. The summed E-state index contributed by atoms with van der Waals surface area (Å²) in [7, 11) is 0. The Morgan fingerprint density at radius 2 is 1.67 bits per heavy atom. The van der Waals surface area contributed by atoms with Gasteiger partial charge in [-0.15, -0.1) is 24.8 Å². The van der Waals surface area contributed by atoms with Gasteiger partial charge in [0, 0.05) is 0 Å². The van der Waals surface area contributed by atoms with Gasteiger partial charge in [0.25, 0.3) is 0 Å². The van der Waals surface area contributed by atoms with Gasteiger partial charge in [-0.25, -0.2) is 14.8 Å². The van der Waals surface area contributed by atoms with Crippen LogP contribution >= 0.6 is 24.8 Å². The van der Waals surface area contributed by atoms with Crippen molar-refractivity contribution in [1.29, 1.82) is 0 Å². The van der Waals surface area contributed by atoms with Crippen molar-refractivity contribution in [3.63, 3.8) is 0 Å². The number of carboxylic acid groups (broad SMARTS) is 1. The van der Waals surface area contributed by atoms with Crippen molar-refractivity contribution in [3.05, 3.63) is 22.8 Å². The third-order valence-electron chi connectivity index (χ3n) is 1.71. The third kappa shape index (κ3) is 3.62. The fraction of sp³-hybridized carbons (Fsp3) is 0.375. The molecule has 0 aliphatic rings. The molecule has 0 amide bonds. The van der Waals surface area contributed by atoms with Gasteiger partial charge in [-0.05, 0) is 13.8 Å². The first-order chi connectivity index (χ1) is 6.06. The van der Waals surface area contributed by atoms with E-state index in [1.54, 1.807) is 13.8 Å². The smallest absolute Gasteiger partial charge is 0.339 e. The van der Waals surface area contributed by atoms with Gasteiger partial charge < -0.3 is 10.8 Å². The Morgan fingerprint density at radius 3 is 1.93 bits per heavy atom. The van der Waals surface area contributed by atoms with E-state index in [0.717, 1.165) is 0 Å². The molecule has 0 aliphatic carbocycles. The van der Waals surface area contributed by atoms with E-state index in [1.165, 1.54) is 0 Å². The highest BCUT2D eigenvalue weighted by Gasteiger charge is 2.13. The summed E-state index contributed by atoms with van der Waals surface area (Å²) in [6, 6.07) is 0. The van der Waals surface area contributed by atoms with Gasteiger partial charge in [-0.3, -0.25) is 0 Å². The Bertz CT molecular complexity index is 335. The van der Waals surface area contributed by atoms with Crippen molar-refractivity contribution in [2.75, 3.05) is 0 Å². The number of aryl methyl sites for hydroxylation is 2. The van der Waals surface area contributed by atoms with Gasteiger partial charge in [0.2, 0.25) is 0 Å². The van der Waals surface area contributed by atoms with Gasteiger partial charge in [-0.2, -0.15) is 0 Å². The minimum Gasteiger partial charge on any atom is -0.478 e. The molecule has 0 saturated heterocycles. The Labute approximate surface area is 99.9 Å².